The van der Waals surface area contributed by atoms with Crippen LogP contribution < -0.4 is 0 Å². The highest BCUT2D eigenvalue weighted by Gasteiger charge is 2.30. The minimum atomic E-state index is 0.0546. The van der Waals surface area contributed by atoms with E-state index in [0.29, 0.717) is 5.70 Å². The van der Waals surface area contributed by atoms with E-state index in [4.69, 9.17) is 4.99 Å². The molecule has 26 heavy (non-hydrogen) atoms. The van der Waals surface area contributed by atoms with Gasteiger partial charge < -0.3 is 0 Å². The van der Waals surface area contributed by atoms with E-state index < -0.39 is 0 Å². The van der Waals surface area contributed by atoms with Gasteiger partial charge in [0.1, 0.15) is 11.5 Å². The predicted molar refractivity (Wildman–Crippen MR) is 107 cm³/mol. The second-order valence-electron chi connectivity index (χ2n) is 7.06. The van der Waals surface area contributed by atoms with Crippen LogP contribution >= 0.6 is 0 Å². The fourth-order valence-electron chi connectivity index (χ4n) is 4.09. The summed E-state index contributed by atoms with van der Waals surface area (Å²) in [6, 6.07) is 18.9. The van der Waals surface area contributed by atoms with E-state index in [2.05, 4.69) is 54.6 Å². The average Bonchev–Trinajstić information content (AvgIpc) is 2.84. The maximum atomic E-state index is 12.9. The van der Waals surface area contributed by atoms with Gasteiger partial charge >= 0.3 is 0 Å². The van der Waals surface area contributed by atoms with Gasteiger partial charge in [0.15, 0.2) is 0 Å². The summed E-state index contributed by atoms with van der Waals surface area (Å²) in [6.07, 6.45) is 6.26. The van der Waals surface area contributed by atoms with E-state index >= 15 is 0 Å². The van der Waals surface area contributed by atoms with Crippen LogP contribution in [0.1, 0.15) is 31.2 Å². The molecule has 3 heteroatoms. The molecule has 1 saturated heterocycles. The molecule has 3 nitrogen and oxygen atoms in total. The van der Waals surface area contributed by atoms with Crippen molar-refractivity contribution in [2.75, 3.05) is 6.54 Å². The number of rotatable bonds is 1. The lowest BCUT2D eigenvalue weighted by molar-refractivity contribution is -0.122. The van der Waals surface area contributed by atoms with Gasteiger partial charge in [-0.2, -0.15) is 0 Å². The summed E-state index contributed by atoms with van der Waals surface area (Å²) in [5.41, 5.74) is 1.66. The fraction of sp³-hybridized carbons (Fsp3) is 0.217. The molecule has 0 N–H and O–H groups in total. The second-order valence-corrected chi connectivity index (χ2v) is 7.06. The molecule has 3 aromatic rings. The number of benzene rings is 3. The Balaban J connectivity index is 1.73. The Morgan fingerprint density at radius 2 is 1.58 bits per heavy atom. The normalized spacial score (nSPS) is 19.1. The third kappa shape index (κ3) is 2.43. The molecule has 0 atom stereocenters. The van der Waals surface area contributed by atoms with E-state index in [1.54, 1.807) is 0 Å². The standard InChI is InChI=1S/C23H20N2O/c26-23-21(24-22-12-2-1-7-13-25(22)23)15-20-18-10-5-3-8-16(18)14-17-9-4-6-11-19(17)20/h3-6,8-11,14-15H,1-2,7,12-13H2/b21-15-. The van der Waals surface area contributed by atoms with E-state index in [0.717, 1.165) is 48.0 Å². The molecule has 2 heterocycles. The van der Waals surface area contributed by atoms with Crippen LogP contribution in [0.3, 0.4) is 0 Å². The predicted octanol–water partition coefficient (Wildman–Crippen LogP) is 5.15. The van der Waals surface area contributed by atoms with Crippen LogP contribution in [-0.2, 0) is 4.79 Å². The second kappa shape index (κ2) is 6.10. The van der Waals surface area contributed by atoms with Crippen LogP contribution in [0.15, 0.2) is 65.3 Å². The molecular weight excluding hydrogens is 320 g/mol. The number of hydrogen-bond acceptors (Lipinski definition) is 2. The smallest absolute Gasteiger partial charge is 0.277 e. The van der Waals surface area contributed by atoms with Crippen LogP contribution in [0.4, 0.5) is 0 Å². The molecule has 0 aromatic heterocycles. The molecule has 0 unspecified atom stereocenters. The van der Waals surface area contributed by atoms with Crippen molar-refractivity contribution < 1.29 is 4.79 Å². The Morgan fingerprint density at radius 1 is 0.885 bits per heavy atom. The molecule has 0 saturated carbocycles. The zero-order chi connectivity index (χ0) is 17.5. The van der Waals surface area contributed by atoms with Gasteiger partial charge in [0.2, 0.25) is 0 Å². The van der Waals surface area contributed by atoms with Crippen LogP contribution in [0.5, 0.6) is 0 Å². The summed E-state index contributed by atoms with van der Waals surface area (Å²) in [6.45, 7) is 0.797. The lowest BCUT2D eigenvalue weighted by Gasteiger charge is -2.14. The summed E-state index contributed by atoms with van der Waals surface area (Å²) in [4.78, 5) is 19.5. The molecule has 0 radical (unpaired) electrons. The van der Waals surface area contributed by atoms with Gasteiger partial charge in [-0.15, -0.1) is 0 Å². The van der Waals surface area contributed by atoms with Crippen molar-refractivity contribution in [3.63, 3.8) is 0 Å². The van der Waals surface area contributed by atoms with Gasteiger partial charge in [-0.3, -0.25) is 9.69 Å². The Kier molecular flexibility index (Phi) is 3.59. The third-order valence-corrected chi connectivity index (χ3v) is 5.40. The Labute approximate surface area is 152 Å². The van der Waals surface area contributed by atoms with Gasteiger partial charge in [-0.1, -0.05) is 55.0 Å². The van der Waals surface area contributed by atoms with E-state index in [1.807, 2.05) is 11.0 Å². The largest absolute Gasteiger partial charge is 0.295 e. The number of aliphatic imine (C=N–C) groups is 1. The number of amides is 1. The molecule has 2 aliphatic rings. The zero-order valence-corrected chi connectivity index (χ0v) is 14.6. The first-order valence-corrected chi connectivity index (χ1v) is 9.33. The Bertz CT molecular complexity index is 1040. The molecule has 128 valence electrons. The van der Waals surface area contributed by atoms with Gasteiger partial charge in [0.25, 0.3) is 5.91 Å². The van der Waals surface area contributed by atoms with Crippen LogP contribution in [0.25, 0.3) is 27.6 Å². The van der Waals surface area contributed by atoms with Crippen molar-refractivity contribution in [3.05, 3.63) is 65.9 Å². The van der Waals surface area contributed by atoms with Crippen LogP contribution in [-0.4, -0.2) is 23.2 Å². The third-order valence-electron chi connectivity index (χ3n) is 5.40. The summed E-state index contributed by atoms with van der Waals surface area (Å²) in [5, 5.41) is 4.69. The number of amidine groups is 1. The van der Waals surface area contributed by atoms with Crippen molar-refractivity contribution in [3.8, 4) is 0 Å². The molecule has 0 spiro atoms. The molecule has 2 aliphatic heterocycles. The quantitative estimate of drug-likeness (QED) is 0.445. The maximum Gasteiger partial charge on any atom is 0.277 e. The number of hydrogen-bond donors (Lipinski definition) is 0. The van der Waals surface area contributed by atoms with Gasteiger partial charge in [-0.25, -0.2) is 4.99 Å². The molecular formula is C23H20N2O. The lowest BCUT2D eigenvalue weighted by atomic mass is 9.96. The minimum absolute atomic E-state index is 0.0546. The Morgan fingerprint density at radius 3 is 2.31 bits per heavy atom. The van der Waals surface area contributed by atoms with Crippen molar-refractivity contribution in [2.24, 2.45) is 4.99 Å². The highest BCUT2D eigenvalue weighted by atomic mass is 16.2. The highest BCUT2D eigenvalue weighted by Crippen LogP contribution is 2.32. The lowest BCUT2D eigenvalue weighted by Crippen LogP contribution is -2.31. The fourth-order valence-corrected chi connectivity index (χ4v) is 4.09. The summed E-state index contributed by atoms with van der Waals surface area (Å²) >= 11 is 0. The van der Waals surface area contributed by atoms with Crippen molar-refractivity contribution in [1.29, 1.82) is 0 Å². The molecule has 1 fully saturated rings. The van der Waals surface area contributed by atoms with Crippen molar-refractivity contribution >= 4 is 39.4 Å². The van der Waals surface area contributed by atoms with Gasteiger partial charge in [-0.05, 0) is 52.1 Å². The number of carbonyl (C=O) groups is 1. The average molecular weight is 340 g/mol. The molecule has 0 bridgehead atoms. The first kappa shape index (κ1) is 15.3. The number of fused-ring (bicyclic) bond motifs is 3. The summed E-state index contributed by atoms with van der Waals surface area (Å²) < 4.78 is 0. The van der Waals surface area contributed by atoms with E-state index in [-0.39, 0.29) is 5.91 Å². The summed E-state index contributed by atoms with van der Waals surface area (Å²) in [7, 11) is 0. The minimum Gasteiger partial charge on any atom is -0.295 e. The van der Waals surface area contributed by atoms with Gasteiger partial charge in [0.05, 0.1) is 0 Å². The highest BCUT2D eigenvalue weighted by molar-refractivity contribution is 6.16. The molecule has 0 aliphatic carbocycles. The van der Waals surface area contributed by atoms with Crippen LogP contribution in [0.2, 0.25) is 0 Å². The molecule has 1 amide bonds. The number of nitrogens with zero attached hydrogens (tertiary/aromatic N) is 2. The van der Waals surface area contributed by atoms with Gasteiger partial charge in [0, 0.05) is 13.0 Å². The summed E-state index contributed by atoms with van der Waals surface area (Å²) in [5.74, 6) is 1.00. The SMILES string of the molecule is O=C1/C(=C/c2c3ccccc3cc3ccccc23)N=C2CCCCCN12. The number of carbonyl (C=O) groups excluding carboxylic acids is 1. The maximum absolute atomic E-state index is 12.9. The molecule has 3 aromatic carbocycles. The first-order valence-electron chi connectivity index (χ1n) is 9.33. The van der Waals surface area contributed by atoms with Crippen LogP contribution in [0, 0.1) is 0 Å². The molecule has 5 rings (SSSR count). The van der Waals surface area contributed by atoms with Crippen molar-refractivity contribution in [1.82, 2.24) is 4.90 Å². The first-order chi connectivity index (χ1) is 12.8. The van der Waals surface area contributed by atoms with E-state index in [9.17, 15) is 4.79 Å². The van der Waals surface area contributed by atoms with Crippen molar-refractivity contribution in [2.45, 2.75) is 25.7 Å². The Hall–Kier alpha value is -2.94. The monoisotopic (exact) mass is 340 g/mol. The topological polar surface area (TPSA) is 32.7 Å². The van der Waals surface area contributed by atoms with E-state index in [1.165, 1.54) is 17.2 Å². The zero-order valence-electron chi connectivity index (χ0n) is 14.6.